The van der Waals surface area contributed by atoms with E-state index in [-0.39, 0.29) is 0 Å². The van der Waals surface area contributed by atoms with E-state index in [2.05, 4.69) is 31.1 Å². The van der Waals surface area contributed by atoms with E-state index in [4.69, 9.17) is 0 Å². The van der Waals surface area contributed by atoms with Crippen molar-refractivity contribution in [2.24, 2.45) is 11.8 Å². The van der Waals surface area contributed by atoms with Crippen molar-refractivity contribution in [3.8, 4) is 0 Å². The Morgan fingerprint density at radius 3 is 2.73 bits per heavy atom. The van der Waals surface area contributed by atoms with Crippen LogP contribution >= 0.6 is 0 Å². The van der Waals surface area contributed by atoms with Crippen LogP contribution < -0.4 is 5.32 Å². The largest absolute Gasteiger partial charge is 0.312 e. The molecular formula is C13H26N2. The van der Waals surface area contributed by atoms with Crippen molar-refractivity contribution in [1.82, 2.24) is 10.2 Å². The second-order valence-electron chi connectivity index (χ2n) is 6.34. The molecule has 2 heteroatoms. The highest BCUT2D eigenvalue weighted by molar-refractivity contribution is 4.90. The minimum atomic E-state index is 0.394. The Bertz CT molecular complexity index is 213. The number of rotatable bonds is 2. The summed E-state index contributed by atoms with van der Waals surface area (Å²) in [4.78, 5) is 2.50. The molecule has 0 aromatic heterocycles. The molecule has 88 valence electrons. The third-order valence-corrected chi connectivity index (χ3v) is 4.06. The minimum absolute atomic E-state index is 0.394. The Kier molecular flexibility index (Phi) is 3.36. The molecule has 0 bridgehead atoms. The van der Waals surface area contributed by atoms with Gasteiger partial charge in [0.2, 0.25) is 0 Å². The molecule has 0 aromatic carbocycles. The highest BCUT2D eigenvalue weighted by atomic mass is 15.1. The monoisotopic (exact) mass is 210 g/mol. The molecule has 2 atom stereocenters. The average molecular weight is 210 g/mol. The third kappa shape index (κ3) is 3.18. The summed E-state index contributed by atoms with van der Waals surface area (Å²) < 4.78 is 0. The van der Waals surface area contributed by atoms with Crippen molar-refractivity contribution >= 4 is 0 Å². The van der Waals surface area contributed by atoms with Crippen molar-refractivity contribution in [3.63, 3.8) is 0 Å². The number of hydrogen-bond donors (Lipinski definition) is 1. The fraction of sp³-hybridized carbons (Fsp3) is 1.00. The van der Waals surface area contributed by atoms with E-state index >= 15 is 0 Å². The molecule has 0 amide bonds. The van der Waals surface area contributed by atoms with Crippen LogP contribution in [0, 0.1) is 11.8 Å². The van der Waals surface area contributed by atoms with Crippen LogP contribution in [0.4, 0.5) is 0 Å². The molecule has 0 spiro atoms. The predicted molar refractivity (Wildman–Crippen MR) is 65.0 cm³/mol. The predicted octanol–water partition coefficient (Wildman–Crippen LogP) is 2.11. The van der Waals surface area contributed by atoms with E-state index in [9.17, 15) is 0 Å². The van der Waals surface area contributed by atoms with Gasteiger partial charge in [-0.15, -0.1) is 0 Å². The van der Waals surface area contributed by atoms with Gasteiger partial charge in [-0.1, -0.05) is 0 Å². The maximum absolute atomic E-state index is 3.63. The van der Waals surface area contributed by atoms with Gasteiger partial charge >= 0.3 is 0 Å². The first-order chi connectivity index (χ1) is 7.05. The second-order valence-corrected chi connectivity index (χ2v) is 6.34. The van der Waals surface area contributed by atoms with E-state index in [1.165, 1.54) is 45.3 Å². The molecule has 0 aromatic rings. The van der Waals surface area contributed by atoms with Gasteiger partial charge in [0.25, 0.3) is 0 Å². The summed E-state index contributed by atoms with van der Waals surface area (Å²) in [5.41, 5.74) is 0.394. The first-order valence-corrected chi connectivity index (χ1v) is 6.49. The molecule has 2 unspecified atom stereocenters. The molecule has 0 aliphatic carbocycles. The van der Waals surface area contributed by atoms with E-state index in [0.29, 0.717) is 5.54 Å². The lowest BCUT2D eigenvalue weighted by atomic mass is 9.85. The van der Waals surface area contributed by atoms with Gasteiger partial charge in [-0.3, -0.25) is 0 Å². The molecule has 2 aliphatic rings. The van der Waals surface area contributed by atoms with E-state index in [0.717, 1.165) is 11.8 Å². The Morgan fingerprint density at radius 2 is 2.13 bits per heavy atom. The summed E-state index contributed by atoms with van der Waals surface area (Å²) in [6.45, 7) is 8.55. The van der Waals surface area contributed by atoms with E-state index in [1.54, 1.807) is 0 Å². The SMILES string of the molecule is CN1CCCC(CC2CNC(C)(C)C2)C1. The van der Waals surface area contributed by atoms with Crippen molar-refractivity contribution < 1.29 is 0 Å². The highest BCUT2D eigenvalue weighted by Gasteiger charge is 2.32. The smallest absolute Gasteiger partial charge is 0.0128 e. The van der Waals surface area contributed by atoms with E-state index < -0.39 is 0 Å². The van der Waals surface area contributed by atoms with Gasteiger partial charge in [0.05, 0.1) is 0 Å². The zero-order valence-electron chi connectivity index (χ0n) is 10.6. The van der Waals surface area contributed by atoms with Gasteiger partial charge in [0.15, 0.2) is 0 Å². The molecule has 2 fully saturated rings. The Morgan fingerprint density at radius 1 is 1.33 bits per heavy atom. The quantitative estimate of drug-likeness (QED) is 0.751. The van der Waals surface area contributed by atoms with Gasteiger partial charge in [0, 0.05) is 12.1 Å². The van der Waals surface area contributed by atoms with Gasteiger partial charge in [-0.05, 0) is 71.5 Å². The zero-order chi connectivity index (χ0) is 10.9. The van der Waals surface area contributed by atoms with Gasteiger partial charge in [-0.2, -0.15) is 0 Å². The maximum Gasteiger partial charge on any atom is 0.0128 e. The molecule has 2 heterocycles. The fourth-order valence-corrected chi connectivity index (χ4v) is 3.39. The van der Waals surface area contributed by atoms with Crippen LogP contribution in [-0.4, -0.2) is 37.1 Å². The lowest BCUT2D eigenvalue weighted by Gasteiger charge is -2.31. The van der Waals surface area contributed by atoms with Crippen LogP contribution in [0.2, 0.25) is 0 Å². The fourth-order valence-electron chi connectivity index (χ4n) is 3.39. The molecule has 0 saturated carbocycles. The summed E-state index contributed by atoms with van der Waals surface area (Å²) in [5.74, 6) is 1.89. The molecule has 2 rings (SSSR count). The van der Waals surface area contributed by atoms with Crippen LogP contribution in [0.3, 0.4) is 0 Å². The van der Waals surface area contributed by atoms with Gasteiger partial charge in [0.1, 0.15) is 0 Å². The number of piperidine rings is 1. The lowest BCUT2D eigenvalue weighted by Crippen LogP contribution is -2.33. The molecule has 2 nitrogen and oxygen atoms in total. The number of nitrogens with one attached hydrogen (secondary N) is 1. The van der Waals surface area contributed by atoms with Crippen LogP contribution in [0.15, 0.2) is 0 Å². The summed E-state index contributed by atoms with van der Waals surface area (Å²) in [7, 11) is 2.27. The lowest BCUT2D eigenvalue weighted by molar-refractivity contribution is 0.186. The standard InChI is InChI=1S/C13H26N2/c1-13(2)8-12(9-14-13)7-11-5-4-6-15(3)10-11/h11-12,14H,4-10H2,1-3H3. The third-order valence-electron chi connectivity index (χ3n) is 4.06. The van der Waals surface area contributed by atoms with Crippen molar-refractivity contribution in [2.75, 3.05) is 26.7 Å². The maximum atomic E-state index is 3.63. The molecule has 2 aliphatic heterocycles. The first-order valence-electron chi connectivity index (χ1n) is 6.49. The van der Waals surface area contributed by atoms with Gasteiger partial charge < -0.3 is 10.2 Å². The average Bonchev–Trinajstić information content (AvgIpc) is 2.45. The molecule has 15 heavy (non-hydrogen) atoms. The number of hydrogen-bond acceptors (Lipinski definition) is 2. The summed E-state index contributed by atoms with van der Waals surface area (Å²) in [6, 6.07) is 0. The molecule has 1 N–H and O–H groups in total. The van der Waals surface area contributed by atoms with Gasteiger partial charge in [-0.25, -0.2) is 0 Å². The summed E-state index contributed by atoms with van der Waals surface area (Å²) in [6.07, 6.45) is 5.68. The number of nitrogens with zero attached hydrogens (tertiary/aromatic N) is 1. The zero-order valence-corrected chi connectivity index (χ0v) is 10.6. The first kappa shape index (κ1) is 11.4. The highest BCUT2D eigenvalue weighted by Crippen LogP contribution is 2.31. The molecule has 0 radical (unpaired) electrons. The number of likely N-dealkylation sites (tertiary alicyclic amines) is 1. The Labute approximate surface area is 94.4 Å². The Hall–Kier alpha value is -0.0800. The summed E-state index contributed by atoms with van der Waals surface area (Å²) >= 11 is 0. The normalized spacial score (nSPS) is 37.0. The van der Waals surface area contributed by atoms with Crippen molar-refractivity contribution in [2.45, 2.75) is 45.1 Å². The van der Waals surface area contributed by atoms with Crippen molar-refractivity contribution in [1.29, 1.82) is 0 Å². The topological polar surface area (TPSA) is 15.3 Å². The Balaban J connectivity index is 1.77. The van der Waals surface area contributed by atoms with Crippen LogP contribution in [0.5, 0.6) is 0 Å². The van der Waals surface area contributed by atoms with E-state index in [1.807, 2.05) is 0 Å². The van der Waals surface area contributed by atoms with Crippen molar-refractivity contribution in [3.05, 3.63) is 0 Å². The minimum Gasteiger partial charge on any atom is -0.312 e. The second kappa shape index (κ2) is 4.42. The van der Waals surface area contributed by atoms with Crippen LogP contribution in [0.1, 0.15) is 39.5 Å². The summed E-state index contributed by atoms with van der Waals surface area (Å²) in [5, 5.41) is 3.63. The van der Waals surface area contributed by atoms with Crippen LogP contribution in [-0.2, 0) is 0 Å². The molecular weight excluding hydrogens is 184 g/mol. The molecule has 2 saturated heterocycles. The van der Waals surface area contributed by atoms with Crippen LogP contribution in [0.25, 0.3) is 0 Å².